The van der Waals surface area contributed by atoms with Gasteiger partial charge < -0.3 is 14.2 Å². The first-order valence-electron chi connectivity index (χ1n) is 6.16. The molecule has 0 saturated heterocycles. The van der Waals surface area contributed by atoms with E-state index >= 15 is 0 Å². The molecule has 6 nitrogen and oxygen atoms in total. The molecule has 0 aliphatic heterocycles. The highest BCUT2D eigenvalue weighted by Crippen LogP contribution is 2.12. The van der Waals surface area contributed by atoms with E-state index in [0.29, 0.717) is 24.1 Å². The van der Waals surface area contributed by atoms with Crippen molar-refractivity contribution in [2.75, 3.05) is 6.54 Å². The van der Waals surface area contributed by atoms with E-state index in [0.717, 1.165) is 5.56 Å². The van der Waals surface area contributed by atoms with Gasteiger partial charge in [0.1, 0.15) is 0 Å². The van der Waals surface area contributed by atoms with Gasteiger partial charge in [-0.05, 0) is 36.2 Å². The van der Waals surface area contributed by atoms with Crippen LogP contribution in [0.3, 0.4) is 0 Å². The Morgan fingerprint density at radius 1 is 1.30 bits per heavy atom. The molecule has 0 saturated carbocycles. The average molecular weight is 272 g/mol. The van der Waals surface area contributed by atoms with E-state index in [2.05, 4.69) is 10.3 Å². The Morgan fingerprint density at radius 2 is 2.20 bits per heavy atom. The third-order valence-corrected chi connectivity index (χ3v) is 2.93. The number of hydrogen-bond donors (Lipinski definition) is 2. The Morgan fingerprint density at radius 3 is 3.00 bits per heavy atom. The highest BCUT2D eigenvalue weighted by Gasteiger charge is 2.07. The van der Waals surface area contributed by atoms with Gasteiger partial charge in [-0.1, -0.05) is 6.07 Å². The molecule has 102 valence electrons. The summed E-state index contributed by atoms with van der Waals surface area (Å²) in [4.78, 5) is 25.3. The van der Waals surface area contributed by atoms with Crippen molar-refractivity contribution < 1.29 is 13.6 Å². The number of nitrogens with one attached hydrogen (secondary N) is 2. The van der Waals surface area contributed by atoms with Gasteiger partial charge in [-0.15, -0.1) is 0 Å². The van der Waals surface area contributed by atoms with E-state index in [-0.39, 0.29) is 11.7 Å². The van der Waals surface area contributed by atoms with E-state index in [1.54, 1.807) is 24.3 Å². The molecule has 0 aliphatic carbocycles. The summed E-state index contributed by atoms with van der Waals surface area (Å²) in [6.45, 7) is 0.472. The van der Waals surface area contributed by atoms with Gasteiger partial charge in [-0.25, -0.2) is 4.79 Å². The summed E-state index contributed by atoms with van der Waals surface area (Å²) in [6.07, 6.45) is 2.09. The maximum Gasteiger partial charge on any atom is 0.417 e. The number of aromatic amines is 1. The minimum absolute atomic E-state index is 0.246. The lowest BCUT2D eigenvalue weighted by molar-refractivity contribution is 0.0926. The standard InChI is InChI=1S/C14H12N2O4/c17-13(11-2-1-7-19-11)15-6-5-9-3-4-10-12(8-9)20-14(18)16-10/h1-4,7-8H,5-6H2,(H,15,17)(H,16,18). The monoisotopic (exact) mass is 272 g/mol. The molecule has 3 rings (SSSR count). The molecule has 6 heteroatoms. The van der Waals surface area contributed by atoms with Gasteiger partial charge in [-0.3, -0.25) is 9.78 Å². The number of amides is 1. The van der Waals surface area contributed by atoms with E-state index in [1.165, 1.54) is 6.26 Å². The normalized spacial score (nSPS) is 10.8. The summed E-state index contributed by atoms with van der Waals surface area (Å²) in [5.41, 5.74) is 2.16. The van der Waals surface area contributed by atoms with E-state index in [4.69, 9.17) is 8.83 Å². The van der Waals surface area contributed by atoms with Crippen LogP contribution >= 0.6 is 0 Å². The summed E-state index contributed by atoms with van der Waals surface area (Å²) in [5.74, 6) is -0.426. The van der Waals surface area contributed by atoms with Crippen molar-refractivity contribution in [3.63, 3.8) is 0 Å². The third-order valence-electron chi connectivity index (χ3n) is 2.93. The summed E-state index contributed by atoms with van der Waals surface area (Å²) >= 11 is 0. The second-order valence-electron chi connectivity index (χ2n) is 4.33. The molecule has 2 N–H and O–H groups in total. The number of hydrogen-bond acceptors (Lipinski definition) is 4. The van der Waals surface area contributed by atoms with Gasteiger partial charge in [0.25, 0.3) is 5.91 Å². The van der Waals surface area contributed by atoms with Crippen molar-refractivity contribution in [1.82, 2.24) is 10.3 Å². The van der Waals surface area contributed by atoms with Crippen LogP contribution in [0.5, 0.6) is 0 Å². The number of fused-ring (bicyclic) bond motifs is 1. The number of benzene rings is 1. The number of aromatic nitrogens is 1. The van der Waals surface area contributed by atoms with Crippen LogP contribution in [0.25, 0.3) is 11.1 Å². The summed E-state index contributed by atoms with van der Waals surface area (Å²) < 4.78 is 9.97. The molecule has 2 heterocycles. The second kappa shape index (κ2) is 5.08. The number of rotatable bonds is 4. The van der Waals surface area contributed by atoms with Crippen molar-refractivity contribution >= 4 is 17.0 Å². The molecule has 0 unspecified atom stereocenters. The SMILES string of the molecule is O=C(NCCc1ccc2[nH]c(=O)oc2c1)c1ccco1. The number of carbonyl (C=O) groups is 1. The molecular formula is C14H12N2O4. The Kier molecular flexibility index (Phi) is 3.12. The van der Waals surface area contributed by atoms with Crippen molar-refractivity contribution in [2.24, 2.45) is 0 Å². The lowest BCUT2D eigenvalue weighted by atomic mass is 10.1. The zero-order chi connectivity index (χ0) is 13.9. The van der Waals surface area contributed by atoms with Gasteiger partial charge in [0.15, 0.2) is 11.3 Å². The maximum atomic E-state index is 11.6. The van der Waals surface area contributed by atoms with Crippen molar-refractivity contribution in [1.29, 1.82) is 0 Å². The van der Waals surface area contributed by atoms with Crippen LogP contribution in [0.15, 0.2) is 50.2 Å². The molecule has 1 aromatic carbocycles. The predicted molar refractivity (Wildman–Crippen MR) is 71.6 cm³/mol. The van der Waals surface area contributed by atoms with Crippen LogP contribution in [0.1, 0.15) is 16.1 Å². The molecule has 0 radical (unpaired) electrons. The minimum atomic E-state index is -0.469. The molecule has 20 heavy (non-hydrogen) atoms. The fourth-order valence-electron chi connectivity index (χ4n) is 1.96. The van der Waals surface area contributed by atoms with Gasteiger partial charge in [0.05, 0.1) is 11.8 Å². The van der Waals surface area contributed by atoms with Crippen molar-refractivity contribution in [3.05, 3.63) is 58.5 Å². The Bertz CT molecular complexity index is 783. The van der Waals surface area contributed by atoms with Crippen LogP contribution in [0.2, 0.25) is 0 Å². The zero-order valence-electron chi connectivity index (χ0n) is 10.5. The Hall–Kier alpha value is -2.76. The quantitative estimate of drug-likeness (QED) is 0.756. The number of H-pyrrole nitrogens is 1. The summed E-state index contributed by atoms with van der Waals surface area (Å²) in [5, 5.41) is 2.75. The molecule has 0 bridgehead atoms. The van der Waals surface area contributed by atoms with E-state index < -0.39 is 5.76 Å². The number of carbonyl (C=O) groups excluding carboxylic acids is 1. The molecule has 0 spiro atoms. The van der Waals surface area contributed by atoms with Gasteiger partial charge in [-0.2, -0.15) is 0 Å². The van der Waals surface area contributed by atoms with Gasteiger partial charge in [0, 0.05) is 6.54 Å². The molecule has 0 atom stereocenters. The zero-order valence-corrected chi connectivity index (χ0v) is 10.5. The predicted octanol–water partition coefficient (Wildman–Crippen LogP) is 1.69. The first-order valence-corrected chi connectivity index (χ1v) is 6.16. The second-order valence-corrected chi connectivity index (χ2v) is 4.33. The fourth-order valence-corrected chi connectivity index (χ4v) is 1.96. The molecule has 1 amide bonds. The number of furan rings is 1. The summed E-state index contributed by atoms with van der Waals surface area (Å²) in [7, 11) is 0. The van der Waals surface area contributed by atoms with Crippen molar-refractivity contribution in [2.45, 2.75) is 6.42 Å². The minimum Gasteiger partial charge on any atom is -0.459 e. The topological polar surface area (TPSA) is 88.2 Å². The van der Waals surface area contributed by atoms with Crippen LogP contribution < -0.4 is 11.1 Å². The van der Waals surface area contributed by atoms with E-state index in [9.17, 15) is 9.59 Å². The Labute approximate surface area is 113 Å². The highest BCUT2D eigenvalue weighted by atomic mass is 16.4. The molecule has 2 aromatic heterocycles. The largest absolute Gasteiger partial charge is 0.459 e. The lowest BCUT2D eigenvalue weighted by Gasteiger charge is -2.03. The fraction of sp³-hybridized carbons (Fsp3) is 0.143. The smallest absolute Gasteiger partial charge is 0.417 e. The van der Waals surface area contributed by atoms with Gasteiger partial charge >= 0.3 is 5.76 Å². The first-order chi connectivity index (χ1) is 9.72. The highest BCUT2D eigenvalue weighted by molar-refractivity contribution is 5.91. The van der Waals surface area contributed by atoms with Crippen LogP contribution in [0.4, 0.5) is 0 Å². The molecule has 3 aromatic rings. The molecule has 0 fully saturated rings. The van der Waals surface area contributed by atoms with Crippen LogP contribution in [-0.2, 0) is 6.42 Å². The van der Waals surface area contributed by atoms with Crippen molar-refractivity contribution in [3.8, 4) is 0 Å². The van der Waals surface area contributed by atoms with Crippen LogP contribution in [-0.4, -0.2) is 17.4 Å². The molecule has 0 aliphatic rings. The van der Waals surface area contributed by atoms with Gasteiger partial charge in [0.2, 0.25) is 0 Å². The van der Waals surface area contributed by atoms with E-state index in [1.807, 2.05) is 6.07 Å². The van der Waals surface area contributed by atoms with Crippen LogP contribution in [0, 0.1) is 0 Å². The summed E-state index contributed by atoms with van der Waals surface area (Å²) in [6, 6.07) is 8.72. The number of oxazole rings is 1. The lowest BCUT2D eigenvalue weighted by Crippen LogP contribution is -2.25. The Balaban J connectivity index is 1.62. The third kappa shape index (κ3) is 2.49. The average Bonchev–Trinajstić information content (AvgIpc) is 3.05. The maximum absolute atomic E-state index is 11.6. The first kappa shape index (κ1) is 12.3. The molecular weight excluding hydrogens is 260 g/mol.